The quantitative estimate of drug-likeness (QED) is 0.650. The molecule has 2 heterocycles. The second kappa shape index (κ2) is 8.86. The molecular formula is C19H33N3OS. The minimum atomic E-state index is 0.182. The van der Waals surface area contributed by atoms with Crippen LogP contribution in [0.5, 0.6) is 0 Å². The average molecular weight is 352 g/mol. The molecule has 1 saturated heterocycles. The molecule has 0 aliphatic carbocycles. The van der Waals surface area contributed by atoms with Crippen molar-refractivity contribution in [3.8, 4) is 0 Å². The van der Waals surface area contributed by atoms with E-state index < -0.39 is 0 Å². The summed E-state index contributed by atoms with van der Waals surface area (Å²) in [5.41, 5.74) is 0.182. The van der Waals surface area contributed by atoms with Crippen LogP contribution in [0.1, 0.15) is 38.5 Å². The Morgan fingerprint density at radius 1 is 1.46 bits per heavy atom. The van der Waals surface area contributed by atoms with Crippen LogP contribution in [0, 0.1) is 11.3 Å². The van der Waals surface area contributed by atoms with E-state index in [4.69, 9.17) is 4.74 Å². The van der Waals surface area contributed by atoms with E-state index in [1.807, 2.05) is 18.4 Å². The lowest BCUT2D eigenvalue weighted by Crippen LogP contribution is -2.48. The van der Waals surface area contributed by atoms with Crippen molar-refractivity contribution in [2.45, 2.75) is 46.1 Å². The van der Waals surface area contributed by atoms with Gasteiger partial charge in [-0.05, 0) is 36.1 Å². The predicted octanol–water partition coefficient (Wildman–Crippen LogP) is 3.64. The molecule has 0 aromatic carbocycles. The maximum Gasteiger partial charge on any atom is 0.193 e. The second-order valence-electron chi connectivity index (χ2n) is 7.74. The number of hydrogen-bond acceptors (Lipinski definition) is 3. The molecule has 0 spiro atoms. The monoisotopic (exact) mass is 351 g/mol. The van der Waals surface area contributed by atoms with Gasteiger partial charge in [0, 0.05) is 44.6 Å². The lowest BCUT2D eigenvalue weighted by atomic mass is 9.78. The largest absolute Gasteiger partial charge is 0.377 e. The molecule has 2 atom stereocenters. The molecule has 1 N–H and O–H groups in total. The third-order valence-electron chi connectivity index (χ3n) is 4.67. The highest BCUT2D eigenvalue weighted by Gasteiger charge is 2.35. The molecule has 4 nitrogen and oxygen atoms in total. The van der Waals surface area contributed by atoms with Crippen molar-refractivity contribution in [3.63, 3.8) is 0 Å². The zero-order valence-corrected chi connectivity index (χ0v) is 16.7. The number of rotatable bonds is 5. The molecule has 5 heteroatoms. The number of likely N-dealkylation sites (N-methyl/N-ethyl adjacent to an activating group) is 1. The van der Waals surface area contributed by atoms with Crippen LogP contribution in [0.25, 0.3) is 0 Å². The Labute approximate surface area is 151 Å². The molecule has 136 valence electrons. The van der Waals surface area contributed by atoms with Crippen LogP contribution in [0.4, 0.5) is 0 Å². The Hall–Kier alpha value is -1.07. The third-order valence-corrected chi connectivity index (χ3v) is 5.60. The van der Waals surface area contributed by atoms with Crippen LogP contribution in [-0.2, 0) is 11.2 Å². The Bertz CT molecular complexity index is 507. The molecule has 1 aliphatic rings. The zero-order chi connectivity index (χ0) is 17.6. The highest BCUT2D eigenvalue weighted by Crippen LogP contribution is 2.33. The second-order valence-corrected chi connectivity index (χ2v) is 8.77. The maximum absolute atomic E-state index is 6.09. The van der Waals surface area contributed by atoms with Crippen LogP contribution < -0.4 is 5.32 Å². The van der Waals surface area contributed by atoms with Crippen molar-refractivity contribution in [1.29, 1.82) is 0 Å². The standard InChI is InChI=1S/C19H33N3OS/c1-19(2,3)17-15(8-6-12-23-17)14-21-18(20-4)22(5)11-10-16-9-7-13-24-16/h7,9,13,15,17H,6,8,10-12,14H2,1-5H3,(H,20,21). The summed E-state index contributed by atoms with van der Waals surface area (Å²) in [7, 11) is 3.98. The Kier molecular flexibility index (Phi) is 7.11. The van der Waals surface area contributed by atoms with Gasteiger partial charge in [0.15, 0.2) is 5.96 Å². The molecule has 0 bridgehead atoms. The highest BCUT2D eigenvalue weighted by molar-refractivity contribution is 7.09. The first-order valence-electron chi connectivity index (χ1n) is 8.97. The molecule has 1 aromatic rings. The minimum absolute atomic E-state index is 0.182. The number of aliphatic imine (C=N–C) groups is 1. The van der Waals surface area contributed by atoms with E-state index in [1.54, 1.807) is 0 Å². The van der Waals surface area contributed by atoms with Crippen LogP contribution in [-0.4, -0.2) is 50.8 Å². The van der Waals surface area contributed by atoms with E-state index in [-0.39, 0.29) is 5.41 Å². The summed E-state index contributed by atoms with van der Waals surface area (Å²) in [5, 5.41) is 5.71. The van der Waals surface area contributed by atoms with Crippen LogP contribution in [0.15, 0.2) is 22.5 Å². The summed E-state index contributed by atoms with van der Waals surface area (Å²) >= 11 is 1.82. The normalized spacial score (nSPS) is 22.5. The van der Waals surface area contributed by atoms with Crippen molar-refractivity contribution < 1.29 is 4.74 Å². The molecule has 0 saturated carbocycles. The minimum Gasteiger partial charge on any atom is -0.377 e. The summed E-state index contributed by atoms with van der Waals surface area (Å²) in [6.45, 7) is 9.63. The van der Waals surface area contributed by atoms with Crippen LogP contribution >= 0.6 is 11.3 Å². The fourth-order valence-electron chi connectivity index (χ4n) is 3.46. The van der Waals surface area contributed by atoms with Gasteiger partial charge in [-0.25, -0.2) is 0 Å². The van der Waals surface area contributed by atoms with Crippen LogP contribution in [0.2, 0.25) is 0 Å². The van der Waals surface area contributed by atoms with Gasteiger partial charge in [0.1, 0.15) is 0 Å². The lowest BCUT2D eigenvalue weighted by Gasteiger charge is -2.40. The SMILES string of the molecule is CN=C(NCC1CCCOC1C(C)(C)C)N(C)CCc1cccs1. The summed E-state index contributed by atoms with van der Waals surface area (Å²) in [6.07, 6.45) is 3.76. The number of nitrogens with one attached hydrogen (secondary N) is 1. The van der Waals surface area contributed by atoms with E-state index in [2.05, 4.69) is 60.5 Å². The van der Waals surface area contributed by atoms with Gasteiger partial charge in [0.05, 0.1) is 6.10 Å². The van der Waals surface area contributed by atoms with Crippen molar-refractivity contribution in [2.75, 3.05) is 33.8 Å². The first kappa shape index (κ1) is 19.3. The van der Waals surface area contributed by atoms with Gasteiger partial charge in [0.25, 0.3) is 0 Å². The van der Waals surface area contributed by atoms with Crippen molar-refractivity contribution in [3.05, 3.63) is 22.4 Å². The Balaban J connectivity index is 1.85. The lowest BCUT2D eigenvalue weighted by molar-refractivity contribution is -0.0836. The van der Waals surface area contributed by atoms with E-state index in [1.165, 1.54) is 11.3 Å². The molecule has 24 heavy (non-hydrogen) atoms. The van der Waals surface area contributed by atoms with Gasteiger partial charge in [-0.15, -0.1) is 11.3 Å². The van der Waals surface area contributed by atoms with Crippen molar-refractivity contribution in [1.82, 2.24) is 10.2 Å². The van der Waals surface area contributed by atoms with Gasteiger partial charge in [0.2, 0.25) is 0 Å². The summed E-state index contributed by atoms with van der Waals surface area (Å²) < 4.78 is 6.09. The Morgan fingerprint density at radius 2 is 2.25 bits per heavy atom. The van der Waals surface area contributed by atoms with Crippen molar-refractivity contribution in [2.24, 2.45) is 16.3 Å². The zero-order valence-electron chi connectivity index (χ0n) is 15.8. The summed E-state index contributed by atoms with van der Waals surface area (Å²) in [6, 6.07) is 4.31. The number of nitrogens with zero attached hydrogens (tertiary/aromatic N) is 2. The molecular weight excluding hydrogens is 318 g/mol. The molecule has 1 aliphatic heterocycles. The molecule has 1 fully saturated rings. The summed E-state index contributed by atoms with van der Waals surface area (Å²) in [4.78, 5) is 8.09. The number of hydrogen-bond donors (Lipinski definition) is 1. The van der Waals surface area contributed by atoms with E-state index in [0.717, 1.165) is 38.5 Å². The smallest absolute Gasteiger partial charge is 0.193 e. The van der Waals surface area contributed by atoms with Gasteiger partial charge in [-0.1, -0.05) is 26.8 Å². The topological polar surface area (TPSA) is 36.9 Å². The van der Waals surface area contributed by atoms with Gasteiger partial charge in [-0.2, -0.15) is 0 Å². The Morgan fingerprint density at radius 3 is 2.88 bits per heavy atom. The van der Waals surface area contributed by atoms with Gasteiger partial charge < -0.3 is 15.0 Å². The molecule has 0 amide bonds. The molecule has 2 unspecified atom stereocenters. The summed E-state index contributed by atoms with van der Waals surface area (Å²) in [5.74, 6) is 1.52. The number of guanidine groups is 1. The number of ether oxygens (including phenoxy) is 1. The van der Waals surface area contributed by atoms with Crippen molar-refractivity contribution >= 4 is 17.3 Å². The first-order chi connectivity index (χ1) is 11.4. The molecule has 0 radical (unpaired) electrons. The average Bonchev–Trinajstić information content (AvgIpc) is 3.06. The highest BCUT2D eigenvalue weighted by atomic mass is 32.1. The predicted molar refractivity (Wildman–Crippen MR) is 104 cm³/mol. The van der Waals surface area contributed by atoms with E-state index in [9.17, 15) is 0 Å². The fourth-order valence-corrected chi connectivity index (χ4v) is 4.15. The maximum atomic E-state index is 6.09. The molecule has 2 rings (SSSR count). The third kappa shape index (κ3) is 5.49. The molecule has 1 aromatic heterocycles. The fraction of sp³-hybridized carbons (Fsp3) is 0.737. The van der Waals surface area contributed by atoms with E-state index >= 15 is 0 Å². The first-order valence-corrected chi connectivity index (χ1v) is 9.85. The number of thiophene rings is 1. The van der Waals surface area contributed by atoms with E-state index in [0.29, 0.717) is 12.0 Å². The van der Waals surface area contributed by atoms with Crippen LogP contribution in [0.3, 0.4) is 0 Å². The van der Waals surface area contributed by atoms with Gasteiger partial charge >= 0.3 is 0 Å². The van der Waals surface area contributed by atoms with Gasteiger partial charge in [-0.3, -0.25) is 4.99 Å².